The normalized spacial score (nSPS) is 13.5. The summed E-state index contributed by atoms with van der Waals surface area (Å²) in [4.78, 5) is 12.4. The topological polar surface area (TPSA) is 80.6 Å². The summed E-state index contributed by atoms with van der Waals surface area (Å²) in [5.41, 5.74) is 1.11. The minimum atomic E-state index is -0.715. The number of hydrogen-bond donors (Lipinski definition) is 1. The van der Waals surface area contributed by atoms with Gasteiger partial charge in [-0.1, -0.05) is 0 Å². The fourth-order valence-electron chi connectivity index (χ4n) is 2.26. The molecule has 1 atom stereocenters. The molecule has 1 N–H and O–H groups in total. The summed E-state index contributed by atoms with van der Waals surface area (Å²) >= 11 is 3.41. The summed E-state index contributed by atoms with van der Waals surface area (Å²) < 4.78 is 17.3. The first-order valence-electron chi connectivity index (χ1n) is 7.63. The molecule has 1 aliphatic heterocycles. The molecule has 0 bridgehead atoms. The van der Waals surface area contributed by atoms with Crippen LogP contribution in [0.2, 0.25) is 0 Å². The van der Waals surface area contributed by atoms with Gasteiger partial charge in [0.15, 0.2) is 17.6 Å². The van der Waals surface area contributed by atoms with Crippen molar-refractivity contribution in [3.63, 3.8) is 0 Å². The molecule has 1 heterocycles. The molecule has 0 fully saturated rings. The molecule has 1 amide bonds. The first-order valence-corrected chi connectivity index (χ1v) is 8.43. The quantitative estimate of drug-likeness (QED) is 0.846. The number of carbonyl (C=O) groups excluding carboxylic acids is 1. The Balaban J connectivity index is 1.67. The van der Waals surface area contributed by atoms with Gasteiger partial charge < -0.3 is 19.5 Å². The smallest absolute Gasteiger partial charge is 0.265 e. The molecular formula is C18H15BrN2O4. The van der Waals surface area contributed by atoms with E-state index in [0.717, 1.165) is 0 Å². The van der Waals surface area contributed by atoms with Gasteiger partial charge in [0.25, 0.3) is 5.91 Å². The monoisotopic (exact) mass is 402 g/mol. The molecule has 25 heavy (non-hydrogen) atoms. The zero-order chi connectivity index (χ0) is 17.8. The Bertz CT molecular complexity index is 830. The zero-order valence-corrected chi connectivity index (χ0v) is 15.0. The average molecular weight is 403 g/mol. The third-order valence-electron chi connectivity index (χ3n) is 3.56. The van der Waals surface area contributed by atoms with E-state index in [1.807, 2.05) is 6.07 Å². The third kappa shape index (κ3) is 4.03. The Kier molecular flexibility index (Phi) is 5.10. The van der Waals surface area contributed by atoms with E-state index in [2.05, 4.69) is 21.2 Å². The van der Waals surface area contributed by atoms with Crippen molar-refractivity contribution in [1.29, 1.82) is 5.26 Å². The lowest BCUT2D eigenvalue weighted by Gasteiger charge is -2.21. The van der Waals surface area contributed by atoms with Crippen LogP contribution >= 0.6 is 15.9 Å². The fourth-order valence-corrected chi connectivity index (χ4v) is 2.68. The molecule has 0 spiro atoms. The SMILES string of the molecule is CC(Oc1ccc(C#N)cc1)C(=O)Nc1cc2c(cc1Br)OCCO2. The Morgan fingerprint density at radius 1 is 1.24 bits per heavy atom. The molecular weight excluding hydrogens is 388 g/mol. The zero-order valence-electron chi connectivity index (χ0n) is 13.4. The van der Waals surface area contributed by atoms with Crippen LogP contribution in [0.25, 0.3) is 0 Å². The third-order valence-corrected chi connectivity index (χ3v) is 4.21. The molecule has 3 rings (SSSR count). The van der Waals surface area contributed by atoms with Crippen LogP contribution in [0.1, 0.15) is 12.5 Å². The van der Waals surface area contributed by atoms with Gasteiger partial charge in [-0.2, -0.15) is 5.26 Å². The summed E-state index contributed by atoms with van der Waals surface area (Å²) in [5, 5.41) is 11.6. The molecule has 6 nitrogen and oxygen atoms in total. The maximum absolute atomic E-state index is 12.4. The van der Waals surface area contributed by atoms with Crippen LogP contribution in [-0.2, 0) is 4.79 Å². The van der Waals surface area contributed by atoms with Crippen LogP contribution in [-0.4, -0.2) is 25.2 Å². The second-order valence-corrected chi connectivity index (χ2v) is 6.22. The minimum Gasteiger partial charge on any atom is -0.486 e. The first-order chi connectivity index (χ1) is 12.1. The van der Waals surface area contributed by atoms with E-state index in [1.54, 1.807) is 43.3 Å². The van der Waals surface area contributed by atoms with Crippen molar-refractivity contribution in [3.05, 3.63) is 46.4 Å². The summed E-state index contributed by atoms with van der Waals surface area (Å²) in [6.45, 7) is 2.63. The number of anilines is 1. The van der Waals surface area contributed by atoms with Gasteiger partial charge in [-0.05, 0) is 47.1 Å². The fraction of sp³-hybridized carbons (Fsp3) is 0.222. The predicted molar refractivity (Wildman–Crippen MR) is 95.0 cm³/mol. The Hall–Kier alpha value is -2.72. The average Bonchev–Trinajstić information content (AvgIpc) is 2.63. The number of ether oxygens (including phenoxy) is 3. The van der Waals surface area contributed by atoms with Gasteiger partial charge in [0.1, 0.15) is 19.0 Å². The number of nitriles is 1. The standard InChI is InChI=1S/C18H15BrN2O4/c1-11(25-13-4-2-12(10-20)3-5-13)18(22)21-15-9-17-16(8-14(15)19)23-6-7-24-17/h2-5,8-9,11H,6-7H2,1H3,(H,21,22). The maximum atomic E-state index is 12.4. The number of rotatable bonds is 4. The number of fused-ring (bicyclic) bond motifs is 1. The Morgan fingerprint density at radius 3 is 2.52 bits per heavy atom. The highest BCUT2D eigenvalue weighted by Crippen LogP contribution is 2.38. The van der Waals surface area contributed by atoms with E-state index in [4.69, 9.17) is 19.5 Å². The number of nitrogens with one attached hydrogen (secondary N) is 1. The van der Waals surface area contributed by atoms with Gasteiger partial charge >= 0.3 is 0 Å². The van der Waals surface area contributed by atoms with Gasteiger partial charge in [-0.3, -0.25) is 4.79 Å². The lowest BCUT2D eigenvalue weighted by molar-refractivity contribution is -0.122. The van der Waals surface area contributed by atoms with Crippen LogP contribution in [0.3, 0.4) is 0 Å². The van der Waals surface area contributed by atoms with Crippen LogP contribution in [0.4, 0.5) is 5.69 Å². The van der Waals surface area contributed by atoms with Crippen LogP contribution in [0.15, 0.2) is 40.9 Å². The lowest BCUT2D eigenvalue weighted by atomic mass is 10.2. The summed E-state index contributed by atoms with van der Waals surface area (Å²) in [6.07, 6.45) is -0.715. The number of halogens is 1. The van der Waals surface area contributed by atoms with Gasteiger partial charge in [0, 0.05) is 16.6 Å². The molecule has 0 saturated heterocycles. The highest BCUT2D eigenvalue weighted by Gasteiger charge is 2.19. The summed E-state index contributed by atoms with van der Waals surface area (Å²) in [7, 11) is 0. The number of nitrogens with zero attached hydrogens (tertiary/aromatic N) is 1. The summed E-state index contributed by atoms with van der Waals surface area (Å²) in [6, 6.07) is 12.1. The van der Waals surface area contributed by atoms with Crippen LogP contribution < -0.4 is 19.5 Å². The van der Waals surface area contributed by atoms with E-state index in [-0.39, 0.29) is 5.91 Å². The molecule has 0 radical (unpaired) electrons. The molecule has 2 aromatic carbocycles. The van der Waals surface area contributed by atoms with Gasteiger partial charge in [0.05, 0.1) is 17.3 Å². The van der Waals surface area contributed by atoms with Crippen molar-refractivity contribution in [1.82, 2.24) is 0 Å². The number of amides is 1. The molecule has 128 valence electrons. The molecule has 0 saturated carbocycles. The van der Waals surface area contributed by atoms with Gasteiger partial charge in [-0.15, -0.1) is 0 Å². The molecule has 0 aromatic heterocycles. The maximum Gasteiger partial charge on any atom is 0.265 e. The van der Waals surface area contributed by atoms with Crippen LogP contribution in [0, 0.1) is 11.3 Å². The van der Waals surface area contributed by atoms with Gasteiger partial charge in [0.2, 0.25) is 0 Å². The Labute approximate surface area is 153 Å². The Morgan fingerprint density at radius 2 is 1.88 bits per heavy atom. The summed E-state index contributed by atoms with van der Waals surface area (Å²) in [5.74, 6) is 1.44. The van der Waals surface area contributed by atoms with E-state index in [9.17, 15) is 4.79 Å². The van der Waals surface area contributed by atoms with Crippen molar-refractivity contribution >= 4 is 27.5 Å². The number of carbonyl (C=O) groups is 1. The highest BCUT2D eigenvalue weighted by atomic mass is 79.9. The highest BCUT2D eigenvalue weighted by molar-refractivity contribution is 9.10. The molecule has 7 heteroatoms. The molecule has 1 aliphatic rings. The van der Waals surface area contributed by atoms with Crippen molar-refractivity contribution in [2.24, 2.45) is 0 Å². The van der Waals surface area contributed by atoms with Crippen molar-refractivity contribution in [3.8, 4) is 23.3 Å². The van der Waals surface area contributed by atoms with E-state index < -0.39 is 6.10 Å². The predicted octanol–water partition coefficient (Wildman–Crippen LogP) is 3.50. The van der Waals surface area contributed by atoms with Crippen LogP contribution in [0.5, 0.6) is 17.2 Å². The van der Waals surface area contributed by atoms with Crippen molar-refractivity contribution in [2.45, 2.75) is 13.0 Å². The molecule has 2 aromatic rings. The van der Waals surface area contributed by atoms with Crippen molar-refractivity contribution < 1.29 is 19.0 Å². The van der Waals surface area contributed by atoms with E-state index in [0.29, 0.717) is 46.2 Å². The molecule has 0 aliphatic carbocycles. The van der Waals surface area contributed by atoms with Crippen molar-refractivity contribution in [2.75, 3.05) is 18.5 Å². The van der Waals surface area contributed by atoms with Gasteiger partial charge in [-0.25, -0.2) is 0 Å². The largest absolute Gasteiger partial charge is 0.486 e. The first kappa shape index (κ1) is 17.1. The number of hydrogen-bond acceptors (Lipinski definition) is 5. The second kappa shape index (κ2) is 7.45. The van der Waals surface area contributed by atoms with E-state index >= 15 is 0 Å². The number of benzene rings is 2. The molecule has 1 unspecified atom stereocenters. The second-order valence-electron chi connectivity index (χ2n) is 5.36. The minimum absolute atomic E-state index is 0.304. The van der Waals surface area contributed by atoms with E-state index in [1.165, 1.54) is 0 Å². The lowest BCUT2D eigenvalue weighted by Crippen LogP contribution is -2.30.